The molecule has 1 N–H and O–H groups in total. The lowest BCUT2D eigenvalue weighted by molar-refractivity contribution is -0.384. The third-order valence-corrected chi connectivity index (χ3v) is 6.48. The van der Waals surface area contributed by atoms with Gasteiger partial charge < -0.3 is 5.32 Å². The smallest absolute Gasteiger partial charge is 0.269 e. The molecule has 3 aromatic rings. The number of hydrogen-bond acceptors (Lipinski definition) is 6. The molecular weight excluding hydrogens is 418 g/mol. The van der Waals surface area contributed by atoms with Gasteiger partial charge in [-0.05, 0) is 42.0 Å². The van der Waals surface area contributed by atoms with E-state index in [2.05, 4.69) is 5.32 Å². The summed E-state index contributed by atoms with van der Waals surface area (Å²) in [6, 6.07) is 20.8. The molecule has 0 heterocycles. The molecule has 9 heteroatoms. The highest BCUT2D eigenvalue weighted by Crippen LogP contribution is 2.19. The molecule has 0 spiro atoms. The van der Waals surface area contributed by atoms with Crippen molar-refractivity contribution in [2.75, 3.05) is 18.9 Å². The Morgan fingerprint density at radius 3 is 2.16 bits per heavy atom. The summed E-state index contributed by atoms with van der Waals surface area (Å²) >= 11 is 0. The maximum atomic E-state index is 12.8. The molecular formula is C22H21N3O5S. The number of nitrogens with zero attached hydrogens (tertiary/aromatic N) is 2. The van der Waals surface area contributed by atoms with Gasteiger partial charge in [-0.25, -0.2) is 8.42 Å². The zero-order valence-corrected chi connectivity index (χ0v) is 17.6. The van der Waals surface area contributed by atoms with Crippen LogP contribution in [0.3, 0.4) is 0 Å². The Hall–Kier alpha value is -3.56. The van der Waals surface area contributed by atoms with E-state index in [9.17, 15) is 23.3 Å². The molecule has 0 fully saturated rings. The highest BCUT2D eigenvalue weighted by Gasteiger charge is 2.20. The van der Waals surface area contributed by atoms with Gasteiger partial charge in [0.1, 0.15) is 0 Å². The van der Waals surface area contributed by atoms with Crippen LogP contribution >= 0.6 is 0 Å². The van der Waals surface area contributed by atoms with Gasteiger partial charge in [-0.2, -0.15) is 4.31 Å². The van der Waals surface area contributed by atoms with Gasteiger partial charge in [-0.1, -0.05) is 30.3 Å². The second-order valence-electron chi connectivity index (χ2n) is 6.85. The molecule has 0 saturated carbocycles. The van der Waals surface area contributed by atoms with Gasteiger partial charge in [0.15, 0.2) is 5.78 Å². The van der Waals surface area contributed by atoms with Gasteiger partial charge in [0.25, 0.3) is 5.69 Å². The van der Waals surface area contributed by atoms with Crippen LogP contribution in [0.5, 0.6) is 0 Å². The fourth-order valence-electron chi connectivity index (χ4n) is 2.90. The molecule has 0 atom stereocenters. The van der Waals surface area contributed by atoms with E-state index in [0.29, 0.717) is 11.3 Å². The van der Waals surface area contributed by atoms with Gasteiger partial charge in [-0.15, -0.1) is 0 Å². The highest BCUT2D eigenvalue weighted by molar-refractivity contribution is 7.89. The van der Waals surface area contributed by atoms with Crippen molar-refractivity contribution in [2.45, 2.75) is 11.4 Å². The lowest BCUT2D eigenvalue weighted by atomic mass is 10.1. The molecule has 0 aliphatic heterocycles. The van der Waals surface area contributed by atoms with Crippen molar-refractivity contribution in [3.8, 4) is 0 Å². The Morgan fingerprint density at radius 1 is 0.968 bits per heavy atom. The molecule has 0 bridgehead atoms. The van der Waals surface area contributed by atoms with Crippen LogP contribution in [0.15, 0.2) is 83.8 Å². The Labute approximate surface area is 180 Å². The van der Waals surface area contributed by atoms with Crippen molar-refractivity contribution in [1.82, 2.24) is 4.31 Å². The molecule has 0 saturated heterocycles. The SMILES string of the molecule is CN(Cc1ccccc1)S(=O)(=O)c1ccc(NCC(=O)c2ccc([N+](=O)[O-])cc2)cc1. The van der Waals surface area contributed by atoms with E-state index >= 15 is 0 Å². The van der Waals surface area contributed by atoms with E-state index in [1.54, 1.807) is 12.1 Å². The molecule has 0 unspecified atom stereocenters. The minimum Gasteiger partial charge on any atom is -0.378 e. The summed E-state index contributed by atoms with van der Waals surface area (Å²) in [5.41, 5.74) is 1.73. The summed E-state index contributed by atoms with van der Waals surface area (Å²) < 4.78 is 26.8. The Balaban J connectivity index is 1.61. The maximum absolute atomic E-state index is 12.8. The number of hydrogen-bond donors (Lipinski definition) is 1. The van der Waals surface area contributed by atoms with E-state index in [4.69, 9.17) is 0 Å². The largest absolute Gasteiger partial charge is 0.378 e. The van der Waals surface area contributed by atoms with Crippen LogP contribution in [0.4, 0.5) is 11.4 Å². The number of nitro benzene ring substituents is 1. The number of nitro groups is 1. The average molecular weight is 439 g/mol. The lowest BCUT2D eigenvalue weighted by Gasteiger charge is -2.17. The van der Waals surface area contributed by atoms with Crippen molar-refractivity contribution >= 4 is 27.2 Å². The number of nitrogens with one attached hydrogen (secondary N) is 1. The van der Waals surface area contributed by atoms with Gasteiger partial charge in [0.05, 0.1) is 16.4 Å². The molecule has 0 aliphatic carbocycles. The number of non-ortho nitro benzene ring substituents is 1. The number of ketones is 1. The zero-order valence-electron chi connectivity index (χ0n) is 16.8. The zero-order chi connectivity index (χ0) is 22.4. The minimum atomic E-state index is -3.66. The molecule has 3 rings (SSSR count). The van der Waals surface area contributed by atoms with Crippen molar-refractivity contribution < 1.29 is 18.1 Å². The molecule has 8 nitrogen and oxygen atoms in total. The van der Waals surface area contributed by atoms with Crippen LogP contribution in [0.2, 0.25) is 0 Å². The van der Waals surface area contributed by atoms with E-state index in [1.807, 2.05) is 30.3 Å². The van der Waals surface area contributed by atoms with Gasteiger partial charge >= 0.3 is 0 Å². The monoisotopic (exact) mass is 439 g/mol. The number of Topliss-reactive ketones (excluding diaryl/α,β-unsaturated/α-hetero) is 1. The Kier molecular flexibility index (Phi) is 6.78. The van der Waals surface area contributed by atoms with Gasteiger partial charge in [0, 0.05) is 37.0 Å². The van der Waals surface area contributed by atoms with Crippen molar-refractivity contribution in [3.05, 3.63) is 100 Å². The van der Waals surface area contributed by atoms with Crippen LogP contribution in [0.1, 0.15) is 15.9 Å². The van der Waals surface area contributed by atoms with Crippen molar-refractivity contribution in [2.24, 2.45) is 0 Å². The number of rotatable bonds is 9. The number of sulfonamides is 1. The predicted octanol–water partition coefficient (Wildman–Crippen LogP) is 3.71. The first-order chi connectivity index (χ1) is 14.8. The van der Waals surface area contributed by atoms with Crippen LogP contribution in [0.25, 0.3) is 0 Å². The first kappa shape index (κ1) is 22.1. The normalized spacial score (nSPS) is 11.3. The third kappa shape index (κ3) is 5.53. The average Bonchev–Trinajstić information content (AvgIpc) is 2.78. The molecule has 0 radical (unpaired) electrons. The highest BCUT2D eigenvalue weighted by atomic mass is 32.2. The molecule has 3 aromatic carbocycles. The van der Waals surface area contributed by atoms with Crippen LogP contribution < -0.4 is 5.32 Å². The van der Waals surface area contributed by atoms with E-state index in [-0.39, 0.29) is 29.5 Å². The van der Waals surface area contributed by atoms with Gasteiger partial charge in [0.2, 0.25) is 10.0 Å². The summed E-state index contributed by atoms with van der Waals surface area (Å²) in [7, 11) is -2.13. The number of carbonyl (C=O) groups excluding carboxylic acids is 1. The minimum absolute atomic E-state index is 0.0299. The molecule has 31 heavy (non-hydrogen) atoms. The summed E-state index contributed by atoms with van der Waals surface area (Å²) in [6.45, 7) is 0.227. The molecule has 0 aromatic heterocycles. The quantitative estimate of drug-likeness (QED) is 0.309. The lowest BCUT2D eigenvalue weighted by Crippen LogP contribution is -2.26. The number of anilines is 1. The molecule has 0 aliphatic rings. The molecule has 0 amide bonds. The summed E-state index contributed by atoms with van der Waals surface area (Å²) in [6.07, 6.45) is 0. The fraction of sp³-hybridized carbons (Fsp3) is 0.136. The number of carbonyl (C=O) groups is 1. The number of benzene rings is 3. The summed E-state index contributed by atoms with van der Waals surface area (Å²) in [5.74, 6) is -0.241. The van der Waals surface area contributed by atoms with Crippen molar-refractivity contribution in [1.29, 1.82) is 0 Å². The maximum Gasteiger partial charge on any atom is 0.269 e. The van der Waals surface area contributed by atoms with Gasteiger partial charge in [-0.3, -0.25) is 14.9 Å². The third-order valence-electron chi connectivity index (χ3n) is 4.66. The summed E-state index contributed by atoms with van der Waals surface area (Å²) in [5, 5.41) is 13.6. The van der Waals surface area contributed by atoms with Crippen LogP contribution in [-0.4, -0.2) is 37.0 Å². The first-order valence-corrected chi connectivity index (χ1v) is 10.8. The predicted molar refractivity (Wildman–Crippen MR) is 117 cm³/mol. The van der Waals surface area contributed by atoms with E-state index in [1.165, 1.54) is 47.8 Å². The fourth-order valence-corrected chi connectivity index (χ4v) is 4.06. The summed E-state index contributed by atoms with van der Waals surface area (Å²) in [4.78, 5) is 22.6. The standard InChI is InChI=1S/C22H21N3O5S/c1-24(16-17-5-3-2-4-6-17)31(29,30)21-13-9-19(10-14-21)23-15-22(26)18-7-11-20(12-8-18)25(27)28/h2-14,23H,15-16H2,1H3. The van der Waals surface area contributed by atoms with Crippen LogP contribution in [0, 0.1) is 10.1 Å². The second-order valence-corrected chi connectivity index (χ2v) is 8.90. The first-order valence-electron chi connectivity index (χ1n) is 9.39. The van der Waals surface area contributed by atoms with E-state index in [0.717, 1.165) is 5.56 Å². The Morgan fingerprint density at radius 2 is 1.58 bits per heavy atom. The topological polar surface area (TPSA) is 110 Å². The molecule has 160 valence electrons. The van der Waals surface area contributed by atoms with E-state index < -0.39 is 14.9 Å². The second kappa shape index (κ2) is 9.50. The Bertz CT molecular complexity index is 1160. The van der Waals surface area contributed by atoms with Crippen molar-refractivity contribution in [3.63, 3.8) is 0 Å². The van der Waals surface area contributed by atoms with Crippen LogP contribution in [-0.2, 0) is 16.6 Å².